The smallest absolute Gasteiger partial charge is 0.148 e. The molecule has 1 aliphatic carbocycles. The molecule has 0 bridgehead atoms. The lowest BCUT2D eigenvalue weighted by atomic mass is 9.85. The monoisotopic (exact) mass is 244 g/mol. The van der Waals surface area contributed by atoms with Gasteiger partial charge in [-0.05, 0) is 30.6 Å². The van der Waals surface area contributed by atoms with Gasteiger partial charge in [0, 0.05) is 13.5 Å². The first kappa shape index (κ1) is 14.3. The van der Waals surface area contributed by atoms with Gasteiger partial charge in [0.15, 0.2) is 0 Å². The lowest BCUT2D eigenvalue weighted by molar-refractivity contribution is -0.114. The molecule has 1 aliphatic rings. The van der Waals surface area contributed by atoms with Crippen molar-refractivity contribution >= 4 is 6.29 Å². The Labute approximate surface area is 108 Å². The maximum atomic E-state index is 10.9. The molecule has 0 heterocycles. The van der Waals surface area contributed by atoms with Crippen molar-refractivity contribution in [1.29, 1.82) is 0 Å². The van der Waals surface area contributed by atoms with E-state index in [1.54, 1.807) is 13.2 Å². The largest absolute Gasteiger partial charge is 0.359 e. The Bertz CT molecular complexity index is 443. The highest BCUT2D eigenvalue weighted by Crippen LogP contribution is 2.30. The summed E-state index contributed by atoms with van der Waals surface area (Å²) in [5.41, 5.74) is 0.0625. The Morgan fingerprint density at radius 3 is 3.06 bits per heavy atom. The molecule has 1 unspecified atom stereocenters. The van der Waals surface area contributed by atoms with Crippen LogP contribution in [0.5, 0.6) is 0 Å². The van der Waals surface area contributed by atoms with Gasteiger partial charge in [0.2, 0.25) is 0 Å². The zero-order valence-corrected chi connectivity index (χ0v) is 10.4. The molecule has 0 aromatic rings. The van der Waals surface area contributed by atoms with E-state index in [2.05, 4.69) is 17.8 Å². The van der Waals surface area contributed by atoms with Crippen LogP contribution in [0.1, 0.15) is 19.3 Å². The fraction of sp³-hybridized carbons (Fsp3) is 0.400. The Balaban J connectivity index is 2.85. The summed E-state index contributed by atoms with van der Waals surface area (Å²) in [4.78, 5) is 10.9. The zero-order valence-electron chi connectivity index (χ0n) is 10.4. The first-order chi connectivity index (χ1) is 8.76. The summed E-state index contributed by atoms with van der Waals surface area (Å²) in [6, 6.07) is 0. The van der Waals surface area contributed by atoms with E-state index < -0.39 is 5.60 Å². The molecular weight excluding hydrogens is 228 g/mol. The molecule has 0 aliphatic heterocycles. The summed E-state index contributed by atoms with van der Waals surface area (Å²) in [5.74, 6) is 8.25. The Hall–Kier alpha value is -1.81. The summed E-state index contributed by atoms with van der Waals surface area (Å²) in [7, 11) is 1.55. The number of methoxy groups -OCH3 is 1. The first-order valence-electron chi connectivity index (χ1n) is 5.67. The predicted octanol–water partition coefficient (Wildman–Crippen LogP) is 1.85. The second-order valence-electron chi connectivity index (χ2n) is 3.93. The third-order valence-corrected chi connectivity index (χ3v) is 2.61. The van der Waals surface area contributed by atoms with Crippen LogP contribution >= 0.6 is 0 Å². The topological polar surface area (TPSA) is 35.5 Å². The van der Waals surface area contributed by atoms with Gasteiger partial charge < -0.3 is 9.47 Å². The SMILES string of the molecule is C#C/C=C\C#CC1(OCOC)CCC=C(C=O)C1. The highest BCUT2D eigenvalue weighted by atomic mass is 16.7. The van der Waals surface area contributed by atoms with Crippen LogP contribution in [-0.4, -0.2) is 25.8 Å². The molecule has 1 rings (SSSR count). The number of hydrogen-bond acceptors (Lipinski definition) is 3. The van der Waals surface area contributed by atoms with Crippen LogP contribution in [0.4, 0.5) is 0 Å². The lowest BCUT2D eigenvalue weighted by Crippen LogP contribution is -2.34. The van der Waals surface area contributed by atoms with Crippen LogP contribution in [-0.2, 0) is 14.3 Å². The molecule has 3 heteroatoms. The van der Waals surface area contributed by atoms with Crippen molar-refractivity contribution in [3.8, 4) is 24.2 Å². The Morgan fingerprint density at radius 1 is 1.56 bits per heavy atom. The summed E-state index contributed by atoms with van der Waals surface area (Å²) in [6.45, 7) is 0.152. The number of carbonyl (C=O) groups excluding carboxylic acids is 1. The second-order valence-corrected chi connectivity index (χ2v) is 3.93. The fourth-order valence-electron chi connectivity index (χ4n) is 1.77. The highest BCUT2D eigenvalue weighted by molar-refractivity contribution is 5.74. The number of carbonyl (C=O) groups is 1. The minimum absolute atomic E-state index is 0.152. The van der Waals surface area contributed by atoms with Gasteiger partial charge in [-0.15, -0.1) is 6.42 Å². The summed E-state index contributed by atoms with van der Waals surface area (Å²) < 4.78 is 10.6. The number of ether oxygens (including phenoxy) is 2. The molecule has 0 spiro atoms. The van der Waals surface area contributed by atoms with E-state index in [0.717, 1.165) is 19.1 Å². The summed E-state index contributed by atoms with van der Waals surface area (Å²) >= 11 is 0. The minimum atomic E-state index is -0.653. The van der Waals surface area contributed by atoms with Crippen molar-refractivity contribution in [1.82, 2.24) is 0 Å². The summed E-state index contributed by atoms with van der Waals surface area (Å²) in [5, 5.41) is 0. The molecule has 0 N–H and O–H groups in total. The minimum Gasteiger partial charge on any atom is -0.359 e. The molecule has 18 heavy (non-hydrogen) atoms. The standard InChI is InChI=1S/C15H16O3/c1-3-4-5-6-9-15(18-13-17-2)10-7-8-14(11-15)12-16/h1,4-5,8,12H,7,10-11,13H2,2H3/b5-4-. The molecule has 0 radical (unpaired) electrons. The molecule has 1 atom stereocenters. The van der Waals surface area contributed by atoms with Gasteiger partial charge in [0.25, 0.3) is 0 Å². The third kappa shape index (κ3) is 4.22. The number of terminal acetylenes is 1. The van der Waals surface area contributed by atoms with E-state index in [1.165, 1.54) is 6.08 Å². The zero-order chi connectivity index (χ0) is 13.3. The van der Waals surface area contributed by atoms with Gasteiger partial charge in [0.05, 0.1) is 0 Å². The van der Waals surface area contributed by atoms with Crippen LogP contribution in [0.15, 0.2) is 23.8 Å². The van der Waals surface area contributed by atoms with Crippen LogP contribution in [0, 0.1) is 24.2 Å². The van der Waals surface area contributed by atoms with Crippen LogP contribution in [0.3, 0.4) is 0 Å². The fourth-order valence-corrected chi connectivity index (χ4v) is 1.77. The Morgan fingerprint density at radius 2 is 2.39 bits per heavy atom. The van der Waals surface area contributed by atoms with E-state index in [4.69, 9.17) is 15.9 Å². The van der Waals surface area contributed by atoms with E-state index in [1.807, 2.05) is 6.08 Å². The number of hydrogen-bond donors (Lipinski definition) is 0. The van der Waals surface area contributed by atoms with E-state index in [0.29, 0.717) is 12.0 Å². The average molecular weight is 244 g/mol. The van der Waals surface area contributed by atoms with E-state index >= 15 is 0 Å². The van der Waals surface area contributed by atoms with Gasteiger partial charge in [-0.25, -0.2) is 0 Å². The van der Waals surface area contributed by atoms with Crippen molar-refractivity contribution in [2.45, 2.75) is 24.9 Å². The quantitative estimate of drug-likeness (QED) is 0.430. The van der Waals surface area contributed by atoms with Crippen molar-refractivity contribution < 1.29 is 14.3 Å². The van der Waals surface area contributed by atoms with E-state index in [-0.39, 0.29) is 6.79 Å². The van der Waals surface area contributed by atoms with Crippen molar-refractivity contribution in [3.05, 3.63) is 23.8 Å². The molecule has 0 saturated heterocycles. The number of allylic oxidation sites excluding steroid dienone is 3. The molecular formula is C15H16O3. The molecule has 0 saturated carbocycles. The van der Waals surface area contributed by atoms with Crippen molar-refractivity contribution in [2.24, 2.45) is 0 Å². The molecule has 3 nitrogen and oxygen atoms in total. The van der Waals surface area contributed by atoms with Crippen molar-refractivity contribution in [3.63, 3.8) is 0 Å². The lowest BCUT2D eigenvalue weighted by Gasteiger charge is -2.31. The molecule has 0 aromatic heterocycles. The normalized spacial score (nSPS) is 22.8. The van der Waals surface area contributed by atoms with Crippen molar-refractivity contribution in [2.75, 3.05) is 13.9 Å². The van der Waals surface area contributed by atoms with Crippen LogP contribution in [0.2, 0.25) is 0 Å². The van der Waals surface area contributed by atoms with Gasteiger partial charge in [-0.3, -0.25) is 4.79 Å². The molecule has 0 fully saturated rings. The molecule has 0 aromatic carbocycles. The second kappa shape index (κ2) is 7.50. The van der Waals surface area contributed by atoms with Crippen LogP contribution in [0.25, 0.3) is 0 Å². The van der Waals surface area contributed by atoms with Gasteiger partial charge in [0.1, 0.15) is 18.7 Å². The Kier molecular flexibility index (Phi) is 5.94. The van der Waals surface area contributed by atoms with Gasteiger partial charge in [-0.1, -0.05) is 23.8 Å². The van der Waals surface area contributed by atoms with E-state index in [9.17, 15) is 4.79 Å². The average Bonchev–Trinajstić information content (AvgIpc) is 2.42. The van der Waals surface area contributed by atoms with Crippen LogP contribution < -0.4 is 0 Å². The first-order valence-corrected chi connectivity index (χ1v) is 5.67. The third-order valence-electron chi connectivity index (χ3n) is 2.61. The maximum absolute atomic E-state index is 10.9. The number of aldehydes is 1. The summed E-state index contributed by atoms with van der Waals surface area (Å²) in [6.07, 6.45) is 13.0. The number of rotatable bonds is 4. The van der Waals surface area contributed by atoms with Gasteiger partial charge in [-0.2, -0.15) is 0 Å². The molecule has 94 valence electrons. The molecule has 0 amide bonds. The highest BCUT2D eigenvalue weighted by Gasteiger charge is 2.32. The maximum Gasteiger partial charge on any atom is 0.148 e. The van der Waals surface area contributed by atoms with Gasteiger partial charge >= 0.3 is 0 Å². The predicted molar refractivity (Wildman–Crippen MR) is 69.4 cm³/mol.